The molecule has 1 atom stereocenters. The van der Waals surface area contributed by atoms with E-state index >= 15 is 0 Å². The Hall–Kier alpha value is -2.28. The highest BCUT2D eigenvalue weighted by Crippen LogP contribution is 2.26. The zero-order valence-electron chi connectivity index (χ0n) is 10.5. The molecule has 0 saturated carbocycles. The standard InChI is InChI=1S/C12H13N3O4/c1-3-10(16)11-13-12(19-14-11)9-5-4-8(15(17)18)6-7(9)2/h4-6,10,16H,3H2,1-2H3. The maximum atomic E-state index is 10.7. The van der Waals surface area contributed by atoms with Gasteiger partial charge in [0.05, 0.1) is 4.92 Å². The molecule has 0 spiro atoms. The fourth-order valence-corrected chi connectivity index (χ4v) is 1.66. The third kappa shape index (κ3) is 2.60. The SMILES string of the molecule is CCC(O)c1noc(-c2ccc([N+](=O)[O-])cc2C)n1. The molecule has 7 nitrogen and oxygen atoms in total. The molecule has 1 aromatic carbocycles. The van der Waals surface area contributed by atoms with Gasteiger partial charge in [-0.1, -0.05) is 12.1 Å². The minimum absolute atomic E-state index is 0.00887. The molecule has 0 bridgehead atoms. The second-order valence-electron chi connectivity index (χ2n) is 4.14. The van der Waals surface area contributed by atoms with Gasteiger partial charge in [0.1, 0.15) is 6.10 Å². The maximum absolute atomic E-state index is 10.7. The molecule has 1 N–H and O–H groups in total. The van der Waals surface area contributed by atoms with E-state index in [1.165, 1.54) is 12.1 Å². The molecule has 1 aromatic heterocycles. The minimum Gasteiger partial charge on any atom is -0.385 e. The first-order valence-corrected chi connectivity index (χ1v) is 5.80. The average Bonchev–Trinajstić information content (AvgIpc) is 2.87. The van der Waals surface area contributed by atoms with Gasteiger partial charge < -0.3 is 9.63 Å². The number of nitro benzene ring substituents is 1. The number of benzene rings is 1. The van der Waals surface area contributed by atoms with Crippen molar-refractivity contribution in [1.29, 1.82) is 0 Å². The predicted octanol–water partition coefficient (Wildman–Crippen LogP) is 2.40. The van der Waals surface area contributed by atoms with Crippen LogP contribution in [0, 0.1) is 17.0 Å². The molecule has 1 unspecified atom stereocenters. The van der Waals surface area contributed by atoms with Crippen molar-refractivity contribution in [3.63, 3.8) is 0 Å². The molecule has 1 heterocycles. The molecule has 19 heavy (non-hydrogen) atoms. The smallest absolute Gasteiger partial charge is 0.269 e. The van der Waals surface area contributed by atoms with Crippen molar-refractivity contribution in [2.24, 2.45) is 0 Å². The highest BCUT2D eigenvalue weighted by Gasteiger charge is 2.17. The Morgan fingerprint density at radius 2 is 2.26 bits per heavy atom. The van der Waals surface area contributed by atoms with Crippen LogP contribution in [0.25, 0.3) is 11.5 Å². The molecule has 0 radical (unpaired) electrons. The van der Waals surface area contributed by atoms with Gasteiger partial charge in [-0.15, -0.1) is 0 Å². The number of nitro groups is 1. The summed E-state index contributed by atoms with van der Waals surface area (Å²) < 4.78 is 5.06. The summed E-state index contributed by atoms with van der Waals surface area (Å²) >= 11 is 0. The summed E-state index contributed by atoms with van der Waals surface area (Å²) in [6.07, 6.45) is -0.283. The first-order chi connectivity index (χ1) is 9.02. The van der Waals surface area contributed by atoms with Crippen LogP contribution in [0.15, 0.2) is 22.7 Å². The minimum atomic E-state index is -0.768. The van der Waals surface area contributed by atoms with Gasteiger partial charge in [0.25, 0.3) is 11.6 Å². The average molecular weight is 263 g/mol. The lowest BCUT2D eigenvalue weighted by atomic mass is 10.1. The summed E-state index contributed by atoms with van der Waals surface area (Å²) in [5.74, 6) is 0.463. The van der Waals surface area contributed by atoms with Gasteiger partial charge >= 0.3 is 0 Å². The molecule has 0 saturated heterocycles. The third-order valence-electron chi connectivity index (χ3n) is 2.78. The van der Waals surface area contributed by atoms with E-state index in [4.69, 9.17) is 4.52 Å². The molecule has 2 rings (SSSR count). The number of aliphatic hydroxyl groups excluding tert-OH is 1. The van der Waals surface area contributed by atoms with Crippen molar-refractivity contribution in [2.45, 2.75) is 26.4 Å². The van der Waals surface area contributed by atoms with E-state index in [2.05, 4.69) is 10.1 Å². The number of aliphatic hydroxyl groups is 1. The summed E-state index contributed by atoms with van der Waals surface area (Å²) in [5.41, 5.74) is 1.29. The monoisotopic (exact) mass is 263 g/mol. The Kier molecular flexibility index (Phi) is 3.57. The molecular formula is C12H13N3O4. The van der Waals surface area contributed by atoms with E-state index in [1.807, 2.05) is 0 Å². The molecule has 100 valence electrons. The van der Waals surface area contributed by atoms with E-state index in [9.17, 15) is 15.2 Å². The molecule has 7 heteroatoms. The largest absolute Gasteiger partial charge is 0.385 e. The quantitative estimate of drug-likeness (QED) is 0.671. The van der Waals surface area contributed by atoms with E-state index in [0.29, 0.717) is 17.5 Å². The Morgan fingerprint density at radius 1 is 1.53 bits per heavy atom. The Labute approximate surface area is 109 Å². The normalized spacial score (nSPS) is 12.4. The first-order valence-electron chi connectivity index (χ1n) is 5.80. The number of hydrogen-bond donors (Lipinski definition) is 1. The van der Waals surface area contributed by atoms with Crippen LogP contribution in [0.5, 0.6) is 0 Å². The van der Waals surface area contributed by atoms with Crippen molar-refractivity contribution in [3.8, 4) is 11.5 Å². The summed E-state index contributed by atoms with van der Waals surface area (Å²) in [7, 11) is 0. The highest BCUT2D eigenvalue weighted by atomic mass is 16.6. The van der Waals surface area contributed by atoms with Gasteiger partial charge in [0.2, 0.25) is 5.82 Å². The topological polar surface area (TPSA) is 102 Å². The third-order valence-corrected chi connectivity index (χ3v) is 2.78. The molecule has 0 aliphatic carbocycles. The van der Waals surface area contributed by atoms with Gasteiger partial charge in [0, 0.05) is 17.7 Å². The fourth-order valence-electron chi connectivity index (χ4n) is 1.66. The second-order valence-corrected chi connectivity index (χ2v) is 4.14. The summed E-state index contributed by atoms with van der Waals surface area (Å²) in [4.78, 5) is 14.3. The van der Waals surface area contributed by atoms with Gasteiger partial charge in [-0.2, -0.15) is 4.98 Å². The summed E-state index contributed by atoms with van der Waals surface area (Å²) in [6.45, 7) is 3.53. The van der Waals surface area contributed by atoms with E-state index in [0.717, 1.165) is 0 Å². The first kappa shape index (κ1) is 13.2. The van der Waals surface area contributed by atoms with Gasteiger partial charge in [-0.25, -0.2) is 0 Å². The van der Waals surface area contributed by atoms with Crippen LogP contribution in [0.2, 0.25) is 0 Å². The molecule has 0 fully saturated rings. The van der Waals surface area contributed by atoms with E-state index in [-0.39, 0.29) is 17.4 Å². The van der Waals surface area contributed by atoms with Crippen LogP contribution in [0.4, 0.5) is 5.69 Å². The maximum Gasteiger partial charge on any atom is 0.269 e. The van der Waals surface area contributed by atoms with Crippen LogP contribution in [0.3, 0.4) is 0 Å². The van der Waals surface area contributed by atoms with E-state index in [1.54, 1.807) is 19.9 Å². The lowest BCUT2D eigenvalue weighted by Crippen LogP contribution is -1.97. The number of aryl methyl sites for hydroxylation is 1. The lowest BCUT2D eigenvalue weighted by molar-refractivity contribution is -0.384. The molecule has 0 aliphatic rings. The zero-order chi connectivity index (χ0) is 14.0. The Morgan fingerprint density at radius 3 is 2.84 bits per heavy atom. The number of aromatic nitrogens is 2. The molecule has 0 amide bonds. The number of hydrogen-bond acceptors (Lipinski definition) is 6. The summed E-state index contributed by atoms with van der Waals surface area (Å²) in [5, 5.41) is 23.9. The highest BCUT2D eigenvalue weighted by molar-refractivity contribution is 5.61. The molecule has 2 aromatic rings. The second kappa shape index (κ2) is 5.15. The van der Waals surface area contributed by atoms with E-state index < -0.39 is 11.0 Å². The number of nitrogens with zero attached hydrogens (tertiary/aromatic N) is 3. The van der Waals surface area contributed by atoms with Crippen LogP contribution in [0.1, 0.15) is 30.8 Å². The zero-order valence-corrected chi connectivity index (χ0v) is 10.5. The Balaban J connectivity index is 2.37. The summed E-state index contributed by atoms with van der Waals surface area (Å²) in [6, 6.07) is 4.38. The van der Waals surface area contributed by atoms with Crippen molar-refractivity contribution in [3.05, 3.63) is 39.7 Å². The van der Waals surface area contributed by atoms with Gasteiger partial charge in [0.15, 0.2) is 0 Å². The lowest BCUT2D eigenvalue weighted by Gasteiger charge is -2.00. The van der Waals surface area contributed by atoms with Crippen molar-refractivity contribution in [2.75, 3.05) is 0 Å². The molecule has 0 aliphatic heterocycles. The van der Waals surface area contributed by atoms with Crippen LogP contribution < -0.4 is 0 Å². The molecular weight excluding hydrogens is 250 g/mol. The number of non-ortho nitro benzene ring substituents is 1. The van der Waals surface area contributed by atoms with Crippen LogP contribution in [-0.2, 0) is 0 Å². The fraction of sp³-hybridized carbons (Fsp3) is 0.333. The Bertz CT molecular complexity index is 609. The van der Waals surface area contributed by atoms with Gasteiger partial charge in [-0.3, -0.25) is 10.1 Å². The number of rotatable bonds is 4. The van der Waals surface area contributed by atoms with Crippen molar-refractivity contribution >= 4 is 5.69 Å². The van der Waals surface area contributed by atoms with Crippen molar-refractivity contribution in [1.82, 2.24) is 10.1 Å². The van der Waals surface area contributed by atoms with Gasteiger partial charge in [-0.05, 0) is 25.0 Å². The van der Waals surface area contributed by atoms with Crippen LogP contribution >= 0.6 is 0 Å². The van der Waals surface area contributed by atoms with Crippen molar-refractivity contribution < 1.29 is 14.6 Å². The predicted molar refractivity (Wildman–Crippen MR) is 66.4 cm³/mol. The van der Waals surface area contributed by atoms with Crippen LogP contribution in [-0.4, -0.2) is 20.2 Å².